The summed E-state index contributed by atoms with van der Waals surface area (Å²) in [4.78, 5) is 15.8. The Balaban J connectivity index is 1.63. The van der Waals surface area contributed by atoms with Gasteiger partial charge in [0.05, 0.1) is 23.3 Å². The van der Waals surface area contributed by atoms with Crippen LogP contribution in [0.15, 0.2) is 42.5 Å². The highest BCUT2D eigenvalue weighted by molar-refractivity contribution is 6.42. The second kappa shape index (κ2) is 9.47. The van der Waals surface area contributed by atoms with Crippen LogP contribution in [0.3, 0.4) is 0 Å². The van der Waals surface area contributed by atoms with Crippen molar-refractivity contribution >= 4 is 52.4 Å². The summed E-state index contributed by atoms with van der Waals surface area (Å²) in [6.07, 6.45) is 0.991. The highest BCUT2D eigenvalue weighted by atomic mass is 35.5. The average molecular weight is 445 g/mol. The molecule has 0 spiro atoms. The predicted octanol–water partition coefficient (Wildman–Crippen LogP) is 5.06. The fourth-order valence-corrected chi connectivity index (χ4v) is 3.34. The Bertz CT molecular complexity index is 1010. The first-order chi connectivity index (χ1) is 14.6. The number of hydrogen-bond donors (Lipinski definition) is 2. The maximum absolute atomic E-state index is 6.14. The summed E-state index contributed by atoms with van der Waals surface area (Å²) in [5.41, 5.74) is 2.92. The molecule has 1 aliphatic rings. The van der Waals surface area contributed by atoms with Crippen molar-refractivity contribution in [3.8, 4) is 0 Å². The maximum Gasteiger partial charge on any atom is 0.233 e. The zero-order chi connectivity index (χ0) is 20.9. The number of halogens is 2. The number of aryl methyl sites for hydroxylation is 1. The van der Waals surface area contributed by atoms with E-state index in [-0.39, 0.29) is 0 Å². The van der Waals surface area contributed by atoms with Crippen LogP contribution >= 0.6 is 23.2 Å². The highest BCUT2D eigenvalue weighted by Gasteiger charge is 2.17. The minimum Gasteiger partial charge on any atom is -0.378 e. The van der Waals surface area contributed by atoms with Crippen LogP contribution in [0, 0.1) is 0 Å². The number of hydrogen-bond acceptors (Lipinski definition) is 7. The van der Waals surface area contributed by atoms with Crippen LogP contribution in [0.25, 0.3) is 0 Å². The van der Waals surface area contributed by atoms with E-state index in [1.807, 2.05) is 18.2 Å². The SMILES string of the molecule is CCc1ccc(Nc2nc(Nc3ccc(Cl)c(Cl)c3)nc(N3CCOCC3)n2)cc1. The lowest BCUT2D eigenvalue weighted by molar-refractivity contribution is 0.122. The monoisotopic (exact) mass is 444 g/mol. The Morgan fingerprint density at radius 2 is 1.50 bits per heavy atom. The van der Waals surface area contributed by atoms with Crippen molar-refractivity contribution in [3.05, 3.63) is 58.1 Å². The number of aromatic nitrogens is 3. The van der Waals surface area contributed by atoms with E-state index >= 15 is 0 Å². The van der Waals surface area contributed by atoms with Gasteiger partial charge >= 0.3 is 0 Å². The first-order valence-corrected chi connectivity index (χ1v) is 10.5. The van der Waals surface area contributed by atoms with Crippen LogP contribution < -0.4 is 15.5 Å². The predicted molar refractivity (Wildman–Crippen MR) is 122 cm³/mol. The quantitative estimate of drug-likeness (QED) is 0.549. The zero-order valence-electron chi connectivity index (χ0n) is 16.5. The van der Waals surface area contributed by atoms with E-state index in [4.69, 9.17) is 27.9 Å². The Labute approximate surface area is 185 Å². The van der Waals surface area contributed by atoms with Crippen molar-refractivity contribution in [3.63, 3.8) is 0 Å². The summed E-state index contributed by atoms with van der Waals surface area (Å²) in [7, 11) is 0. The first kappa shape index (κ1) is 20.7. The van der Waals surface area contributed by atoms with Crippen LogP contribution in [-0.4, -0.2) is 41.3 Å². The lowest BCUT2D eigenvalue weighted by Crippen LogP contribution is -2.37. The average Bonchev–Trinajstić information content (AvgIpc) is 2.77. The van der Waals surface area contributed by atoms with Gasteiger partial charge in [-0.25, -0.2) is 0 Å². The summed E-state index contributed by atoms with van der Waals surface area (Å²) in [6.45, 7) is 4.86. The molecule has 156 valence electrons. The Morgan fingerprint density at radius 3 is 2.13 bits per heavy atom. The summed E-state index contributed by atoms with van der Waals surface area (Å²) < 4.78 is 5.45. The Morgan fingerprint density at radius 1 is 0.867 bits per heavy atom. The number of ether oxygens (including phenoxy) is 1. The van der Waals surface area contributed by atoms with Gasteiger partial charge in [-0.1, -0.05) is 42.3 Å². The fourth-order valence-electron chi connectivity index (χ4n) is 3.04. The molecular weight excluding hydrogens is 423 g/mol. The van der Waals surface area contributed by atoms with Gasteiger partial charge in [-0.3, -0.25) is 0 Å². The van der Waals surface area contributed by atoms with E-state index in [0.717, 1.165) is 30.9 Å². The first-order valence-electron chi connectivity index (χ1n) is 9.77. The standard InChI is InChI=1S/C21H22Cl2N6O/c1-2-14-3-5-15(6-4-14)24-19-26-20(25-16-7-8-17(22)18(23)13-16)28-21(27-19)29-9-11-30-12-10-29/h3-8,13H,2,9-12H2,1H3,(H2,24,25,26,27,28). The van der Waals surface area contributed by atoms with E-state index in [1.54, 1.807) is 12.1 Å². The van der Waals surface area contributed by atoms with Gasteiger partial charge in [0.15, 0.2) is 0 Å². The van der Waals surface area contributed by atoms with Crippen molar-refractivity contribution in [1.29, 1.82) is 0 Å². The molecule has 30 heavy (non-hydrogen) atoms. The van der Waals surface area contributed by atoms with E-state index in [9.17, 15) is 0 Å². The van der Waals surface area contributed by atoms with E-state index in [1.165, 1.54) is 5.56 Å². The van der Waals surface area contributed by atoms with Crippen molar-refractivity contribution in [2.45, 2.75) is 13.3 Å². The lowest BCUT2D eigenvalue weighted by atomic mass is 10.1. The molecule has 0 unspecified atom stereocenters. The maximum atomic E-state index is 6.14. The Hall–Kier alpha value is -2.61. The zero-order valence-corrected chi connectivity index (χ0v) is 18.0. The summed E-state index contributed by atoms with van der Waals surface area (Å²) >= 11 is 12.2. The number of nitrogens with one attached hydrogen (secondary N) is 2. The molecule has 0 saturated carbocycles. The molecule has 7 nitrogen and oxygen atoms in total. The minimum atomic E-state index is 0.414. The summed E-state index contributed by atoms with van der Waals surface area (Å²) in [5.74, 6) is 1.46. The Kier molecular flexibility index (Phi) is 6.52. The third kappa shape index (κ3) is 5.11. The highest BCUT2D eigenvalue weighted by Crippen LogP contribution is 2.27. The number of rotatable bonds is 6. The van der Waals surface area contributed by atoms with Gasteiger partial charge in [0, 0.05) is 24.5 Å². The van der Waals surface area contributed by atoms with Crippen LogP contribution in [0.4, 0.5) is 29.2 Å². The van der Waals surface area contributed by atoms with Gasteiger partial charge in [0.1, 0.15) is 0 Å². The van der Waals surface area contributed by atoms with E-state index < -0.39 is 0 Å². The van der Waals surface area contributed by atoms with Gasteiger partial charge in [0.2, 0.25) is 17.8 Å². The van der Waals surface area contributed by atoms with Crippen LogP contribution in [0.5, 0.6) is 0 Å². The number of anilines is 5. The molecule has 0 aliphatic carbocycles. The molecule has 1 saturated heterocycles. The fraction of sp³-hybridized carbons (Fsp3) is 0.286. The van der Waals surface area contributed by atoms with Gasteiger partial charge in [-0.05, 0) is 42.3 Å². The molecule has 0 bridgehead atoms. The molecule has 0 atom stereocenters. The molecule has 3 aromatic rings. The molecule has 0 amide bonds. The normalized spacial score (nSPS) is 13.9. The van der Waals surface area contributed by atoms with Gasteiger partial charge in [0.25, 0.3) is 0 Å². The number of morpholine rings is 1. The molecule has 2 N–H and O–H groups in total. The molecule has 2 aromatic carbocycles. The van der Waals surface area contributed by atoms with Crippen molar-refractivity contribution in [2.24, 2.45) is 0 Å². The van der Waals surface area contributed by atoms with E-state index in [0.29, 0.717) is 41.1 Å². The van der Waals surface area contributed by atoms with Crippen LogP contribution in [0.2, 0.25) is 10.0 Å². The number of nitrogens with zero attached hydrogens (tertiary/aromatic N) is 4. The smallest absolute Gasteiger partial charge is 0.233 e. The molecule has 2 heterocycles. The summed E-state index contributed by atoms with van der Waals surface area (Å²) in [5, 5.41) is 7.41. The van der Waals surface area contributed by atoms with Crippen molar-refractivity contribution < 1.29 is 4.74 Å². The van der Waals surface area contributed by atoms with Crippen molar-refractivity contribution in [1.82, 2.24) is 15.0 Å². The molecule has 9 heteroatoms. The lowest BCUT2D eigenvalue weighted by Gasteiger charge is -2.27. The molecule has 0 radical (unpaired) electrons. The molecule has 1 aromatic heterocycles. The van der Waals surface area contributed by atoms with Crippen molar-refractivity contribution in [2.75, 3.05) is 41.8 Å². The third-order valence-electron chi connectivity index (χ3n) is 4.71. The summed E-state index contributed by atoms with van der Waals surface area (Å²) in [6, 6.07) is 13.5. The van der Waals surface area contributed by atoms with Gasteiger partial charge < -0.3 is 20.3 Å². The second-order valence-corrected chi connectivity index (χ2v) is 7.63. The molecular formula is C21H22Cl2N6O. The van der Waals surface area contributed by atoms with Gasteiger partial charge in [-0.2, -0.15) is 15.0 Å². The molecule has 1 aliphatic heterocycles. The number of benzene rings is 2. The molecule has 4 rings (SSSR count). The molecule has 1 fully saturated rings. The third-order valence-corrected chi connectivity index (χ3v) is 5.45. The van der Waals surface area contributed by atoms with Crippen LogP contribution in [0.1, 0.15) is 12.5 Å². The topological polar surface area (TPSA) is 75.2 Å². The largest absolute Gasteiger partial charge is 0.378 e. The van der Waals surface area contributed by atoms with Crippen LogP contribution in [-0.2, 0) is 11.2 Å². The second-order valence-electron chi connectivity index (χ2n) is 6.81. The van der Waals surface area contributed by atoms with E-state index in [2.05, 4.69) is 49.5 Å². The van der Waals surface area contributed by atoms with Gasteiger partial charge in [-0.15, -0.1) is 0 Å². The minimum absolute atomic E-state index is 0.414.